The van der Waals surface area contributed by atoms with Crippen molar-refractivity contribution in [1.29, 1.82) is 0 Å². The van der Waals surface area contributed by atoms with Crippen LogP contribution in [0.4, 0.5) is 5.95 Å². The maximum absolute atomic E-state index is 4.20. The van der Waals surface area contributed by atoms with Crippen LogP contribution in [0.15, 0.2) is 12.3 Å². The van der Waals surface area contributed by atoms with Gasteiger partial charge in [-0.25, -0.2) is 9.97 Å². The van der Waals surface area contributed by atoms with Crippen molar-refractivity contribution in [1.82, 2.24) is 9.97 Å². The molecule has 1 aromatic heterocycles. The first-order chi connectivity index (χ1) is 6.33. The number of aromatic nitrogens is 2. The Morgan fingerprint density at radius 3 is 3.08 bits per heavy atom. The molecule has 0 aliphatic carbocycles. The molecule has 0 amide bonds. The van der Waals surface area contributed by atoms with E-state index in [1.54, 1.807) is 6.20 Å². The molecule has 1 aromatic rings. The Hall–Kier alpha value is -1.56. The van der Waals surface area contributed by atoms with Crippen molar-refractivity contribution in [2.24, 2.45) is 0 Å². The molecule has 0 fully saturated rings. The number of anilines is 1. The van der Waals surface area contributed by atoms with Gasteiger partial charge in [0.05, 0.1) is 0 Å². The molecule has 3 heteroatoms. The zero-order valence-corrected chi connectivity index (χ0v) is 7.96. The number of aryl methyl sites for hydroxylation is 1. The highest BCUT2D eigenvalue weighted by atomic mass is 15.1. The maximum atomic E-state index is 4.20. The third-order valence-electron chi connectivity index (χ3n) is 1.50. The Balaban J connectivity index is 2.39. The molecule has 0 unspecified atom stereocenters. The monoisotopic (exact) mass is 175 g/mol. The normalized spacial score (nSPS) is 8.77. The van der Waals surface area contributed by atoms with E-state index in [2.05, 4.69) is 27.1 Å². The van der Waals surface area contributed by atoms with E-state index < -0.39 is 0 Å². The molecule has 0 aliphatic rings. The molecule has 0 radical (unpaired) electrons. The second kappa shape index (κ2) is 5.15. The SMILES string of the molecule is CC#CCCNc1nccc(C)n1. The number of hydrogen-bond donors (Lipinski definition) is 1. The molecule has 0 spiro atoms. The lowest BCUT2D eigenvalue weighted by Gasteiger charge is -2.01. The smallest absolute Gasteiger partial charge is 0.222 e. The van der Waals surface area contributed by atoms with E-state index >= 15 is 0 Å². The summed E-state index contributed by atoms with van der Waals surface area (Å²) in [6.45, 7) is 4.58. The number of nitrogens with zero attached hydrogens (tertiary/aromatic N) is 2. The molecule has 0 saturated heterocycles. The summed E-state index contributed by atoms with van der Waals surface area (Å²) in [5.41, 5.74) is 0.971. The third-order valence-corrected chi connectivity index (χ3v) is 1.50. The van der Waals surface area contributed by atoms with E-state index in [4.69, 9.17) is 0 Å². The van der Waals surface area contributed by atoms with Gasteiger partial charge in [-0.2, -0.15) is 0 Å². The van der Waals surface area contributed by atoms with Gasteiger partial charge in [0.1, 0.15) is 0 Å². The van der Waals surface area contributed by atoms with Crippen molar-refractivity contribution in [3.05, 3.63) is 18.0 Å². The van der Waals surface area contributed by atoms with Gasteiger partial charge >= 0.3 is 0 Å². The molecule has 0 bridgehead atoms. The molecular weight excluding hydrogens is 162 g/mol. The zero-order valence-electron chi connectivity index (χ0n) is 7.96. The van der Waals surface area contributed by atoms with E-state index in [9.17, 15) is 0 Å². The summed E-state index contributed by atoms with van der Waals surface area (Å²) in [7, 11) is 0. The molecule has 0 aromatic carbocycles. The first kappa shape index (κ1) is 9.53. The van der Waals surface area contributed by atoms with Crippen LogP contribution in [0.2, 0.25) is 0 Å². The predicted molar refractivity (Wildman–Crippen MR) is 53.3 cm³/mol. The average molecular weight is 175 g/mol. The quantitative estimate of drug-likeness (QED) is 0.560. The van der Waals surface area contributed by atoms with Crippen molar-refractivity contribution in [2.75, 3.05) is 11.9 Å². The Bertz CT molecular complexity index is 322. The summed E-state index contributed by atoms with van der Waals surface area (Å²) in [5, 5.41) is 3.10. The molecule has 68 valence electrons. The molecule has 1 rings (SSSR count). The van der Waals surface area contributed by atoms with Gasteiger partial charge in [-0.3, -0.25) is 0 Å². The minimum Gasteiger partial charge on any atom is -0.353 e. The van der Waals surface area contributed by atoms with Crippen LogP contribution in [0.1, 0.15) is 19.0 Å². The van der Waals surface area contributed by atoms with Crippen molar-refractivity contribution in [3.8, 4) is 11.8 Å². The van der Waals surface area contributed by atoms with Crippen LogP contribution in [0.5, 0.6) is 0 Å². The van der Waals surface area contributed by atoms with Crippen LogP contribution in [-0.4, -0.2) is 16.5 Å². The van der Waals surface area contributed by atoms with Gasteiger partial charge < -0.3 is 5.32 Å². The topological polar surface area (TPSA) is 37.8 Å². The summed E-state index contributed by atoms with van der Waals surface area (Å²) >= 11 is 0. The highest BCUT2D eigenvalue weighted by molar-refractivity contribution is 5.24. The Kier molecular flexibility index (Phi) is 3.77. The summed E-state index contributed by atoms with van der Waals surface area (Å²) in [5.74, 6) is 6.48. The first-order valence-corrected chi connectivity index (χ1v) is 4.26. The van der Waals surface area contributed by atoms with Gasteiger partial charge in [0.2, 0.25) is 5.95 Å². The lowest BCUT2D eigenvalue weighted by Crippen LogP contribution is -2.04. The van der Waals surface area contributed by atoms with Gasteiger partial charge in [0.15, 0.2) is 0 Å². The number of nitrogens with one attached hydrogen (secondary N) is 1. The highest BCUT2D eigenvalue weighted by Crippen LogP contribution is 1.97. The fourth-order valence-electron chi connectivity index (χ4n) is 0.896. The molecule has 1 heterocycles. The predicted octanol–water partition coefficient (Wildman–Crippen LogP) is 1.61. The van der Waals surface area contributed by atoms with Gasteiger partial charge in [-0.1, -0.05) is 0 Å². The van der Waals surface area contributed by atoms with Crippen LogP contribution in [0.3, 0.4) is 0 Å². The maximum Gasteiger partial charge on any atom is 0.222 e. The third kappa shape index (κ3) is 3.57. The number of hydrogen-bond acceptors (Lipinski definition) is 3. The summed E-state index contributed by atoms with van der Waals surface area (Å²) in [4.78, 5) is 8.27. The van der Waals surface area contributed by atoms with Crippen LogP contribution in [0.25, 0.3) is 0 Å². The Morgan fingerprint density at radius 1 is 1.54 bits per heavy atom. The molecule has 0 aliphatic heterocycles. The van der Waals surface area contributed by atoms with E-state index in [-0.39, 0.29) is 0 Å². The minimum atomic E-state index is 0.679. The Morgan fingerprint density at radius 2 is 2.38 bits per heavy atom. The van der Waals surface area contributed by atoms with Gasteiger partial charge in [0.25, 0.3) is 0 Å². The minimum absolute atomic E-state index is 0.679. The van der Waals surface area contributed by atoms with E-state index in [1.165, 1.54) is 0 Å². The average Bonchev–Trinajstić information content (AvgIpc) is 2.13. The van der Waals surface area contributed by atoms with E-state index in [0.29, 0.717) is 5.95 Å². The van der Waals surface area contributed by atoms with E-state index in [1.807, 2.05) is 19.9 Å². The van der Waals surface area contributed by atoms with E-state index in [0.717, 1.165) is 18.7 Å². The van der Waals surface area contributed by atoms with Gasteiger partial charge in [0, 0.05) is 24.9 Å². The van der Waals surface area contributed by atoms with Crippen molar-refractivity contribution in [3.63, 3.8) is 0 Å². The lowest BCUT2D eigenvalue weighted by molar-refractivity contribution is 1.01. The molecule has 0 atom stereocenters. The summed E-state index contributed by atoms with van der Waals surface area (Å²) in [6.07, 6.45) is 2.57. The van der Waals surface area contributed by atoms with Gasteiger partial charge in [-0.15, -0.1) is 11.8 Å². The summed E-state index contributed by atoms with van der Waals surface area (Å²) in [6, 6.07) is 1.87. The molecule has 3 nitrogen and oxygen atoms in total. The van der Waals surface area contributed by atoms with Crippen molar-refractivity contribution >= 4 is 5.95 Å². The Labute approximate surface area is 78.6 Å². The highest BCUT2D eigenvalue weighted by Gasteiger charge is 1.92. The standard InChI is InChI=1S/C10H13N3/c1-3-4-5-7-11-10-12-8-6-9(2)13-10/h6,8H,5,7H2,1-2H3,(H,11,12,13). The fourth-order valence-corrected chi connectivity index (χ4v) is 0.896. The second-order valence-corrected chi connectivity index (χ2v) is 2.63. The van der Waals surface area contributed by atoms with Crippen molar-refractivity contribution in [2.45, 2.75) is 20.3 Å². The lowest BCUT2D eigenvalue weighted by atomic mass is 10.4. The first-order valence-electron chi connectivity index (χ1n) is 4.26. The van der Waals surface area contributed by atoms with Gasteiger partial charge in [-0.05, 0) is 19.9 Å². The fraction of sp³-hybridized carbons (Fsp3) is 0.400. The van der Waals surface area contributed by atoms with Crippen LogP contribution in [0, 0.1) is 18.8 Å². The zero-order chi connectivity index (χ0) is 9.52. The molecule has 1 N–H and O–H groups in total. The summed E-state index contributed by atoms with van der Waals surface area (Å²) < 4.78 is 0. The molecular formula is C10H13N3. The molecule has 13 heavy (non-hydrogen) atoms. The van der Waals surface area contributed by atoms with Crippen LogP contribution < -0.4 is 5.32 Å². The number of rotatable bonds is 3. The molecule has 0 saturated carbocycles. The van der Waals surface area contributed by atoms with Crippen molar-refractivity contribution < 1.29 is 0 Å². The van der Waals surface area contributed by atoms with Crippen LogP contribution >= 0.6 is 0 Å². The largest absolute Gasteiger partial charge is 0.353 e. The van der Waals surface area contributed by atoms with Crippen LogP contribution in [-0.2, 0) is 0 Å². The second-order valence-electron chi connectivity index (χ2n) is 2.63.